The molecule has 1 aromatic heterocycles. The van der Waals surface area contributed by atoms with Crippen LogP contribution in [0.25, 0.3) is 10.9 Å². The molecule has 1 fully saturated rings. The summed E-state index contributed by atoms with van der Waals surface area (Å²) in [7, 11) is -3.54. The highest BCUT2D eigenvalue weighted by Crippen LogP contribution is 2.32. The van der Waals surface area contributed by atoms with Gasteiger partial charge in [-0.2, -0.15) is 0 Å². The van der Waals surface area contributed by atoms with Crippen molar-refractivity contribution < 1.29 is 8.42 Å². The van der Waals surface area contributed by atoms with Crippen molar-refractivity contribution in [1.29, 1.82) is 0 Å². The van der Waals surface area contributed by atoms with Gasteiger partial charge in [0.25, 0.3) is 0 Å². The fraction of sp³-hybridized carbons (Fsp3) is 0.348. The van der Waals surface area contributed by atoms with Gasteiger partial charge in [0.15, 0.2) is 0 Å². The Morgan fingerprint density at radius 1 is 0.970 bits per heavy atom. The van der Waals surface area contributed by atoms with Gasteiger partial charge < -0.3 is 4.90 Å². The molecule has 10 heteroatoms. The number of hydrogen-bond donors (Lipinski definition) is 1. The highest BCUT2D eigenvalue weighted by molar-refractivity contribution is 7.89. The van der Waals surface area contributed by atoms with Crippen LogP contribution < -0.4 is 9.62 Å². The highest BCUT2D eigenvalue weighted by Gasteiger charge is 2.19. The molecule has 1 aliphatic rings. The van der Waals surface area contributed by atoms with E-state index in [0.29, 0.717) is 22.1 Å². The van der Waals surface area contributed by atoms with E-state index >= 15 is 0 Å². The molecule has 0 radical (unpaired) electrons. The molecule has 0 bridgehead atoms. The lowest BCUT2D eigenvalue weighted by Crippen LogP contribution is -2.46. The monoisotopic (exact) mass is 528 g/mol. The number of anilines is 1. The summed E-state index contributed by atoms with van der Waals surface area (Å²) >= 11 is 12.5. The lowest BCUT2D eigenvalue weighted by atomic mass is 10.2. The van der Waals surface area contributed by atoms with Crippen molar-refractivity contribution in [3.05, 3.63) is 64.8 Å². The minimum atomic E-state index is -3.54. The van der Waals surface area contributed by atoms with Crippen LogP contribution in [0.1, 0.15) is 12.8 Å². The van der Waals surface area contributed by atoms with Crippen molar-refractivity contribution in [1.82, 2.24) is 14.6 Å². The summed E-state index contributed by atoms with van der Waals surface area (Å²) in [6.45, 7) is 5.03. The van der Waals surface area contributed by atoms with Crippen molar-refractivity contribution in [2.75, 3.05) is 44.2 Å². The van der Waals surface area contributed by atoms with Crippen LogP contribution in [0, 0.1) is 0 Å². The second kappa shape index (κ2) is 11.7. The molecule has 4 rings (SSSR count). The van der Waals surface area contributed by atoms with Crippen LogP contribution in [0.3, 0.4) is 0 Å². The number of aromatic nitrogens is 1. The number of nitrogens with zero attached hydrogens (tertiary/aromatic N) is 3. The van der Waals surface area contributed by atoms with E-state index in [9.17, 15) is 8.42 Å². The molecule has 0 saturated carbocycles. The molecule has 1 N–H and O–H groups in total. The van der Waals surface area contributed by atoms with E-state index in [4.69, 9.17) is 23.2 Å². The third-order valence-electron chi connectivity index (χ3n) is 5.73. The molecular formula is C23H27Cl3N4O2S. The Balaban J connectivity index is 0.00000306. The van der Waals surface area contributed by atoms with Crippen LogP contribution in [0.5, 0.6) is 0 Å². The van der Waals surface area contributed by atoms with E-state index in [-0.39, 0.29) is 17.3 Å². The van der Waals surface area contributed by atoms with Gasteiger partial charge in [-0.15, -0.1) is 12.4 Å². The maximum Gasteiger partial charge on any atom is 0.240 e. The van der Waals surface area contributed by atoms with Crippen LogP contribution in [-0.2, 0) is 10.0 Å². The van der Waals surface area contributed by atoms with Gasteiger partial charge in [0, 0.05) is 44.3 Å². The number of benzene rings is 2. The zero-order chi connectivity index (χ0) is 22.6. The third kappa shape index (κ3) is 6.50. The van der Waals surface area contributed by atoms with Crippen LogP contribution >= 0.6 is 35.6 Å². The summed E-state index contributed by atoms with van der Waals surface area (Å²) < 4.78 is 27.9. The smallest absolute Gasteiger partial charge is 0.240 e. The van der Waals surface area contributed by atoms with E-state index in [0.717, 1.165) is 56.6 Å². The summed E-state index contributed by atoms with van der Waals surface area (Å²) in [6.07, 6.45) is 3.38. The summed E-state index contributed by atoms with van der Waals surface area (Å²) in [5, 5.41) is 2.11. The van der Waals surface area contributed by atoms with Gasteiger partial charge in [-0.1, -0.05) is 41.4 Å². The number of fused-ring (bicyclic) bond motifs is 1. The normalized spacial score (nSPS) is 14.9. The van der Waals surface area contributed by atoms with Gasteiger partial charge >= 0.3 is 0 Å². The van der Waals surface area contributed by atoms with Crippen LogP contribution in [0.4, 0.5) is 5.69 Å². The number of nitrogens with one attached hydrogen (secondary N) is 1. The van der Waals surface area contributed by atoms with E-state index in [2.05, 4.69) is 19.5 Å². The Morgan fingerprint density at radius 2 is 1.76 bits per heavy atom. The average molecular weight is 530 g/mol. The van der Waals surface area contributed by atoms with E-state index < -0.39 is 10.0 Å². The molecule has 0 spiro atoms. The molecule has 1 saturated heterocycles. The largest absolute Gasteiger partial charge is 0.368 e. The van der Waals surface area contributed by atoms with Gasteiger partial charge in [-0.05, 0) is 49.7 Å². The van der Waals surface area contributed by atoms with E-state index in [1.165, 1.54) is 0 Å². The second-order valence-corrected chi connectivity index (χ2v) is 10.4. The van der Waals surface area contributed by atoms with Gasteiger partial charge in [0.1, 0.15) is 0 Å². The number of halogens is 3. The predicted octanol–water partition coefficient (Wildman–Crippen LogP) is 4.84. The summed E-state index contributed by atoms with van der Waals surface area (Å²) in [5.41, 5.74) is 1.66. The first-order valence-corrected chi connectivity index (χ1v) is 12.9. The Labute approximate surface area is 211 Å². The van der Waals surface area contributed by atoms with E-state index in [1.54, 1.807) is 30.5 Å². The van der Waals surface area contributed by atoms with Gasteiger partial charge in [-0.3, -0.25) is 9.88 Å². The minimum Gasteiger partial charge on any atom is -0.368 e. The molecule has 6 nitrogen and oxygen atoms in total. The molecule has 0 aliphatic carbocycles. The number of unbranched alkanes of at least 4 members (excludes halogenated alkanes) is 1. The fourth-order valence-electron chi connectivity index (χ4n) is 3.91. The number of rotatable bonds is 8. The lowest BCUT2D eigenvalue weighted by molar-refractivity contribution is 0.253. The molecule has 178 valence electrons. The third-order valence-corrected chi connectivity index (χ3v) is 7.99. The zero-order valence-corrected chi connectivity index (χ0v) is 21.2. The van der Waals surface area contributed by atoms with Crippen molar-refractivity contribution in [3.63, 3.8) is 0 Å². The molecule has 3 aromatic rings. The maximum atomic E-state index is 12.6. The fourth-order valence-corrected chi connectivity index (χ4v) is 5.42. The molecule has 0 amide bonds. The SMILES string of the molecule is Cl.O=S(=O)(NCCCCN1CCN(c2cccc(Cl)c2Cl)CC1)c1ccc2cccnc2c1. The second-order valence-electron chi connectivity index (χ2n) is 7.86. The van der Waals surface area contributed by atoms with Gasteiger partial charge in [0.2, 0.25) is 10.0 Å². The molecule has 33 heavy (non-hydrogen) atoms. The molecule has 2 aromatic carbocycles. The Hall–Kier alpha value is -1.61. The van der Waals surface area contributed by atoms with Crippen molar-refractivity contribution in [2.24, 2.45) is 0 Å². The topological polar surface area (TPSA) is 65.5 Å². The predicted molar refractivity (Wildman–Crippen MR) is 139 cm³/mol. The Kier molecular flexibility index (Phi) is 9.21. The van der Waals surface area contributed by atoms with Gasteiger partial charge in [0.05, 0.1) is 26.1 Å². The first kappa shape index (κ1) is 26.0. The van der Waals surface area contributed by atoms with Crippen molar-refractivity contribution >= 4 is 62.2 Å². The maximum absolute atomic E-state index is 12.6. The molecule has 0 unspecified atom stereocenters. The Bertz CT molecular complexity index is 1190. The zero-order valence-electron chi connectivity index (χ0n) is 18.1. The number of pyridine rings is 1. The number of sulfonamides is 1. The molecule has 0 atom stereocenters. The molecular weight excluding hydrogens is 503 g/mol. The quantitative estimate of drug-likeness (QED) is 0.423. The average Bonchev–Trinajstić information content (AvgIpc) is 2.81. The highest BCUT2D eigenvalue weighted by atomic mass is 35.5. The van der Waals surface area contributed by atoms with Crippen molar-refractivity contribution in [2.45, 2.75) is 17.7 Å². The lowest BCUT2D eigenvalue weighted by Gasteiger charge is -2.36. The van der Waals surface area contributed by atoms with E-state index in [1.807, 2.05) is 24.3 Å². The Morgan fingerprint density at radius 3 is 2.55 bits per heavy atom. The first-order chi connectivity index (χ1) is 15.4. The van der Waals surface area contributed by atoms with Crippen LogP contribution in [0.15, 0.2) is 59.6 Å². The number of hydrogen-bond acceptors (Lipinski definition) is 5. The summed E-state index contributed by atoms with van der Waals surface area (Å²) in [4.78, 5) is 9.15. The van der Waals surface area contributed by atoms with Crippen LogP contribution in [0.2, 0.25) is 10.0 Å². The first-order valence-electron chi connectivity index (χ1n) is 10.7. The molecule has 2 heterocycles. The minimum absolute atomic E-state index is 0. The summed E-state index contributed by atoms with van der Waals surface area (Å²) in [6, 6.07) is 14.5. The van der Waals surface area contributed by atoms with Gasteiger partial charge in [-0.25, -0.2) is 13.1 Å². The molecule has 1 aliphatic heterocycles. The van der Waals surface area contributed by atoms with Crippen LogP contribution in [-0.4, -0.2) is 57.6 Å². The van der Waals surface area contributed by atoms with Crippen molar-refractivity contribution in [3.8, 4) is 0 Å². The number of piperazine rings is 1. The standard InChI is InChI=1S/C23H26Cl2N4O2S.ClH/c24-20-6-3-7-22(23(20)25)29-15-13-28(14-16-29)12-2-1-11-27-32(30,31)19-9-8-18-5-4-10-26-21(18)17-19;/h3-10,17,27H,1-2,11-16H2;1H. The summed E-state index contributed by atoms with van der Waals surface area (Å²) in [5.74, 6) is 0.